The summed E-state index contributed by atoms with van der Waals surface area (Å²) in [4.78, 5) is 28.6. The first-order valence-electron chi connectivity index (χ1n) is 10.2. The van der Waals surface area contributed by atoms with Gasteiger partial charge in [-0.2, -0.15) is 0 Å². The molecular weight excluding hydrogens is 465 g/mol. The predicted molar refractivity (Wildman–Crippen MR) is 111 cm³/mol. The second-order valence-corrected chi connectivity index (χ2v) is 9.66. The van der Waals surface area contributed by atoms with Crippen LogP contribution in [0.15, 0.2) is 24.3 Å². The van der Waals surface area contributed by atoms with Crippen LogP contribution in [0.4, 0.5) is 0 Å². The van der Waals surface area contributed by atoms with Crippen molar-refractivity contribution in [3.05, 3.63) is 35.4 Å². The molecule has 0 bridgehead atoms. The largest absolute Gasteiger partial charge is 5.00 e. The zero-order valence-corrected chi connectivity index (χ0v) is 20.3. The summed E-state index contributed by atoms with van der Waals surface area (Å²) in [7, 11) is -4.56. The van der Waals surface area contributed by atoms with E-state index in [-0.39, 0.29) is 22.5 Å². The van der Waals surface area contributed by atoms with E-state index in [0.717, 1.165) is 44.8 Å². The zero-order chi connectivity index (χ0) is 21.4. The van der Waals surface area contributed by atoms with E-state index in [0.29, 0.717) is 25.2 Å². The summed E-state index contributed by atoms with van der Waals surface area (Å²) in [6.45, 7) is 10.2. The molecule has 2 atom stereocenters. The molecule has 1 fully saturated rings. The molecule has 1 aromatic rings. The summed E-state index contributed by atoms with van der Waals surface area (Å²) in [5, 5.41) is 21.4. The second kappa shape index (κ2) is 14.7. The Labute approximate surface area is 196 Å². The molecule has 0 unspecified atom stereocenters. The monoisotopic (exact) mass is 500 g/mol. The maximum Gasteiger partial charge on any atom is 5.00 e. The first-order valence-corrected chi connectivity index (χ1v) is 11.9. The number of nitrogens with zero attached hydrogens (tertiary/aromatic N) is 3. The van der Waals surface area contributed by atoms with E-state index in [1.807, 2.05) is 12.1 Å². The van der Waals surface area contributed by atoms with E-state index in [4.69, 9.17) is 0 Å². The number of aliphatic hydroxyl groups excluding tert-OH is 1. The third-order valence-corrected chi connectivity index (χ3v) is 5.79. The maximum absolute atomic E-state index is 11.7. The molecule has 31 heavy (non-hydrogen) atoms. The number of rotatable bonds is 8. The fraction of sp³-hybridized carbons (Fsp3) is 0.700. The van der Waals surface area contributed by atoms with Gasteiger partial charge in [-0.1, -0.05) is 38.8 Å². The number of hydrogen-bond donors (Lipinski definition) is 1. The Morgan fingerprint density at radius 2 is 1.32 bits per heavy atom. The van der Waals surface area contributed by atoms with Crippen LogP contribution < -0.4 is 14.9 Å². The molecule has 1 aliphatic rings. The molecule has 1 aliphatic heterocycles. The molecule has 2 rings (SSSR count). The number of hydrogen-bond acceptors (Lipinski definition) is 8. The Hall–Kier alpha value is -0.351. The van der Waals surface area contributed by atoms with E-state index in [9.17, 15) is 24.6 Å². The minimum Gasteiger partial charge on any atom is -0.851 e. The van der Waals surface area contributed by atoms with Gasteiger partial charge in [-0.25, -0.2) is 0 Å². The third kappa shape index (κ3) is 13.1. The van der Waals surface area contributed by atoms with Gasteiger partial charge in [-0.15, -0.1) is 6.10 Å². The molecular formula is C20H35FeN3O6P+2. The fourth-order valence-electron chi connectivity index (χ4n) is 3.68. The Balaban J connectivity index is 0.00000450. The summed E-state index contributed by atoms with van der Waals surface area (Å²) in [6, 6.07) is 7.11. The van der Waals surface area contributed by atoms with Gasteiger partial charge in [0.1, 0.15) is 0 Å². The molecule has 0 aliphatic carbocycles. The van der Waals surface area contributed by atoms with Crippen molar-refractivity contribution >= 4 is 7.60 Å². The first-order chi connectivity index (χ1) is 13.6. The van der Waals surface area contributed by atoms with Crippen LogP contribution in [-0.4, -0.2) is 89.8 Å². The van der Waals surface area contributed by atoms with Gasteiger partial charge < -0.3 is 34.9 Å². The average molecular weight is 500 g/mol. The fourth-order valence-corrected chi connectivity index (χ4v) is 4.33. The summed E-state index contributed by atoms with van der Waals surface area (Å²) in [6.07, 6.45) is -1.50. The summed E-state index contributed by atoms with van der Waals surface area (Å²) >= 11 is 0. The minimum atomic E-state index is -4.56. The quantitative estimate of drug-likeness (QED) is 0.313. The first kappa shape index (κ1) is 30.6. The van der Waals surface area contributed by atoms with E-state index in [2.05, 4.69) is 14.7 Å². The van der Waals surface area contributed by atoms with Crippen molar-refractivity contribution in [2.24, 2.45) is 0 Å². The molecule has 1 heterocycles. The Morgan fingerprint density at radius 3 is 1.74 bits per heavy atom. The van der Waals surface area contributed by atoms with Gasteiger partial charge in [-0.3, -0.25) is 9.80 Å². The van der Waals surface area contributed by atoms with Gasteiger partial charge in [0.15, 0.2) is 0 Å². The molecule has 177 valence electrons. The molecule has 0 saturated carbocycles. The van der Waals surface area contributed by atoms with Gasteiger partial charge in [0.05, 0.1) is 6.10 Å². The van der Waals surface area contributed by atoms with Gasteiger partial charge in [0.25, 0.3) is 0 Å². The molecule has 1 aromatic carbocycles. The van der Waals surface area contributed by atoms with Crippen LogP contribution in [0.1, 0.15) is 25.0 Å². The third-order valence-electron chi connectivity index (χ3n) is 5.04. The molecule has 11 heteroatoms. The van der Waals surface area contributed by atoms with Crippen molar-refractivity contribution in [2.45, 2.75) is 38.8 Å². The van der Waals surface area contributed by atoms with Gasteiger partial charge in [-0.05, 0) is 24.6 Å². The second-order valence-electron chi connectivity index (χ2n) is 8.12. The van der Waals surface area contributed by atoms with Crippen molar-refractivity contribution in [3.8, 4) is 0 Å². The van der Waals surface area contributed by atoms with E-state index in [1.165, 1.54) is 0 Å². The molecule has 3 N–H and O–H groups in total. The van der Waals surface area contributed by atoms with E-state index < -0.39 is 26.0 Å². The minimum absolute atomic E-state index is 0. The number of β-amino-alcohol motifs (C(OH)–C–C–N with tert-alkyl or cyclic N) is 1. The van der Waals surface area contributed by atoms with Crippen molar-refractivity contribution in [1.82, 2.24) is 14.7 Å². The summed E-state index contributed by atoms with van der Waals surface area (Å²) in [5.74, 6) is 0. The van der Waals surface area contributed by atoms with Crippen LogP contribution in [-0.2, 0) is 34.3 Å². The molecule has 0 aromatic heterocycles. The van der Waals surface area contributed by atoms with Crippen molar-refractivity contribution in [2.75, 3.05) is 52.4 Å². The Kier molecular flexibility index (Phi) is 14.6. The molecule has 1 saturated heterocycles. The standard InChI is InChI=1S/C20H35N3O5P.Fe.H2O/c1-17(24)13-21-7-8-22(14-18(2)25)10-12-23(11-9-21)15-19-3-5-20(6-4-19)16-29(26,27)28;;/h3-6,17-18,24H,7-16H2,1-2H3,(H2,26,27,28);;1H2/q-1;+5;/p-2/t17-,18-;;/m0../s1. The Morgan fingerprint density at radius 1 is 0.903 bits per heavy atom. The normalized spacial score (nSPS) is 19.3. The summed E-state index contributed by atoms with van der Waals surface area (Å²) in [5.41, 5.74) is 1.55. The van der Waals surface area contributed by atoms with Gasteiger partial charge in [0.2, 0.25) is 0 Å². The van der Waals surface area contributed by atoms with Crippen LogP contribution in [0.5, 0.6) is 0 Å². The van der Waals surface area contributed by atoms with Gasteiger partial charge in [0, 0.05) is 58.5 Å². The number of benzene rings is 1. The topological polar surface area (TPSA) is 148 Å². The number of aliphatic hydroxyl groups is 1. The SMILES string of the molecule is C[C@H]([O-])CN1CCN(Cc2ccc(CP(=O)([O-])[O-])cc2)CCN(C[C@H](C)O)CC1.O.[Fe+5]. The molecule has 9 nitrogen and oxygen atoms in total. The summed E-state index contributed by atoms with van der Waals surface area (Å²) < 4.78 is 10.9. The molecule has 1 radical (unpaired) electrons. The van der Waals surface area contributed by atoms with E-state index >= 15 is 0 Å². The van der Waals surface area contributed by atoms with Crippen LogP contribution in [0, 0.1) is 0 Å². The average Bonchev–Trinajstić information content (AvgIpc) is 2.67. The maximum atomic E-state index is 11.7. The van der Waals surface area contributed by atoms with Crippen molar-refractivity contribution in [1.29, 1.82) is 0 Å². The van der Waals surface area contributed by atoms with Crippen LogP contribution >= 0.6 is 7.60 Å². The van der Waals surface area contributed by atoms with Crippen LogP contribution in [0.2, 0.25) is 0 Å². The zero-order valence-electron chi connectivity index (χ0n) is 18.3. The van der Waals surface area contributed by atoms with Gasteiger partial charge >= 0.3 is 17.1 Å². The smallest absolute Gasteiger partial charge is 0.851 e. The Bertz CT molecular complexity index is 637. The van der Waals surface area contributed by atoms with E-state index in [1.54, 1.807) is 26.0 Å². The van der Waals surface area contributed by atoms with Crippen LogP contribution in [0.3, 0.4) is 0 Å². The van der Waals surface area contributed by atoms with Crippen molar-refractivity contribution in [3.63, 3.8) is 0 Å². The van der Waals surface area contributed by atoms with Crippen molar-refractivity contribution < 1.29 is 47.1 Å². The molecule has 0 amide bonds. The van der Waals surface area contributed by atoms with Crippen LogP contribution in [0.25, 0.3) is 0 Å². The predicted octanol–water partition coefficient (Wildman–Crippen LogP) is -2.18. The molecule has 0 spiro atoms.